The first kappa shape index (κ1) is 8.81. The lowest BCUT2D eigenvalue weighted by Crippen LogP contribution is -2.27. The van der Waals surface area contributed by atoms with Gasteiger partial charge in [-0.2, -0.15) is 0 Å². The van der Waals surface area contributed by atoms with E-state index in [1.807, 2.05) is 0 Å². The first-order chi connectivity index (χ1) is 4.18. The molecule has 0 spiro atoms. The molecule has 0 saturated heterocycles. The third-order valence-electron chi connectivity index (χ3n) is 0.860. The van der Waals surface area contributed by atoms with E-state index in [0.29, 0.717) is 11.6 Å². The van der Waals surface area contributed by atoms with Gasteiger partial charge in [0.1, 0.15) is 11.1 Å². The van der Waals surface area contributed by atoms with Gasteiger partial charge in [0.25, 0.3) is 0 Å². The van der Waals surface area contributed by atoms with Gasteiger partial charge < -0.3 is 15.6 Å². The number of aliphatic hydroxyl groups is 1. The molecule has 1 unspecified atom stereocenters. The lowest BCUT2D eigenvalue weighted by Gasteiger charge is -2.08. The predicted octanol–water partition coefficient (Wildman–Crippen LogP) is -0.330. The van der Waals surface area contributed by atoms with Crippen molar-refractivity contribution in [2.24, 2.45) is 5.73 Å². The minimum Gasteiger partial charge on any atom is -0.394 e. The third kappa shape index (κ3) is 4.32. The summed E-state index contributed by atoms with van der Waals surface area (Å²) in [4.78, 5) is 0.323. The van der Waals surface area contributed by atoms with Crippen molar-refractivity contribution in [1.82, 2.24) is 0 Å². The highest BCUT2D eigenvalue weighted by atomic mass is 32.1. The number of ether oxygens (including phenoxy) is 1. The molecule has 3 N–H and O–H groups in total. The first-order valence-electron chi connectivity index (χ1n) is 2.70. The van der Waals surface area contributed by atoms with E-state index in [0.717, 1.165) is 0 Å². The summed E-state index contributed by atoms with van der Waals surface area (Å²) in [6.45, 7) is 2.05. The molecule has 0 aromatic carbocycles. The van der Waals surface area contributed by atoms with Crippen LogP contribution in [0.2, 0.25) is 0 Å². The van der Waals surface area contributed by atoms with E-state index in [1.54, 1.807) is 6.92 Å². The Hall–Kier alpha value is -0.190. The molecule has 0 aliphatic carbocycles. The summed E-state index contributed by atoms with van der Waals surface area (Å²) >= 11 is 4.60. The van der Waals surface area contributed by atoms with Gasteiger partial charge in [-0.3, -0.25) is 0 Å². The number of rotatable bonds is 4. The predicted molar refractivity (Wildman–Crippen MR) is 39.3 cm³/mol. The van der Waals surface area contributed by atoms with E-state index in [2.05, 4.69) is 12.2 Å². The second kappa shape index (κ2) is 4.67. The van der Waals surface area contributed by atoms with Crippen LogP contribution in [0.1, 0.15) is 6.92 Å². The zero-order chi connectivity index (χ0) is 7.28. The lowest BCUT2D eigenvalue weighted by atomic mass is 10.4. The van der Waals surface area contributed by atoms with Crippen molar-refractivity contribution in [2.75, 3.05) is 13.2 Å². The van der Waals surface area contributed by atoms with Crippen LogP contribution < -0.4 is 5.73 Å². The second-order valence-electron chi connectivity index (χ2n) is 1.64. The summed E-state index contributed by atoms with van der Waals surface area (Å²) in [6, 6.07) is 0. The van der Waals surface area contributed by atoms with Gasteiger partial charge in [-0.25, -0.2) is 0 Å². The van der Waals surface area contributed by atoms with Crippen molar-refractivity contribution in [2.45, 2.75) is 13.0 Å². The fourth-order valence-corrected chi connectivity index (χ4v) is 0.380. The molecule has 0 rings (SSSR count). The molecule has 54 valence electrons. The van der Waals surface area contributed by atoms with Crippen LogP contribution >= 0.6 is 12.2 Å². The summed E-state index contributed by atoms with van der Waals surface area (Å²) in [7, 11) is 0. The largest absolute Gasteiger partial charge is 0.394 e. The maximum absolute atomic E-state index is 8.29. The Balaban J connectivity index is 3.27. The highest BCUT2D eigenvalue weighted by Gasteiger charge is 2.02. The van der Waals surface area contributed by atoms with Crippen molar-refractivity contribution in [3.8, 4) is 0 Å². The van der Waals surface area contributed by atoms with Crippen LogP contribution in [-0.2, 0) is 4.74 Å². The monoisotopic (exact) mass is 149 g/mol. The maximum Gasteiger partial charge on any atom is 0.105 e. The Morgan fingerprint density at radius 2 is 2.44 bits per heavy atom. The lowest BCUT2D eigenvalue weighted by molar-refractivity contribution is 0.0741. The summed E-state index contributed by atoms with van der Waals surface area (Å²) < 4.78 is 4.94. The number of nitrogens with two attached hydrogens (primary N) is 1. The molecule has 0 aliphatic rings. The molecular formula is C5H11NO2S. The Morgan fingerprint density at radius 3 is 2.78 bits per heavy atom. The van der Waals surface area contributed by atoms with E-state index in [1.165, 1.54) is 0 Å². The first-order valence-corrected chi connectivity index (χ1v) is 3.11. The van der Waals surface area contributed by atoms with Crippen LogP contribution in [0.15, 0.2) is 0 Å². The van der Waals surface area contributed by atoms with Gasteiger partial charge in [0, 0.05) is 0 Å². The SMILES string of the molecule is CC(OCCO)C(N)=S. The van der Waals surface area contributed by atoms with Gasteiger partial charge in [-0.05, 0) is 6.92 Å². The fraction of sp³-hybridized carbons (Fsp3) is 0.800. The van der Waals surface area contributed by atoms with Crippen molar-refractivity contribution in [3.63, 3.8) is 0 Å². The molecule has 9 heavy (non-hydrogen) atoms. The number of aliphatic hydroxyl groups excluding tert-OH is 1. The molecule has 1 atom stereocenters. The van der Waals surface area contributed by atoms with Crippen LogP contribution in [0.3, 0.4) is 0 Å². The van der Waals surface area contributed by atoms with Crippen LogP contribution in [0.25, 0.3) is 0 Å². The minimum atomic E-state index is -0.229. The topological polar surface area (TPSA) is 55.5 Å². The summed E-state index contributed by atoms with van der Waals surface area (Å²) in [5.74, 6) is 0. The molecular weight excluding hydrogens is 138 g/mol. The average Bonchev–Trinajstić information content (AvgIpc) is 1.82. The molecule has 0 fully saturated rings. The van der Waals surface area contributed by atoms with Gasteiger partial charge in [-0.1, -0.05) is 12.2 Å². The molecule has 0 radical (unpaired) electrons. The van der Waals surface area contributed by atoms with Crippen molar-refractivity contribution in [1.29, 1.82) is 0 Å². The van der Waals surface area contributed by atoms with Crippen LogP contribution in [-0.4, -0.2) is 29.4 Å². The molecule has 0 aliphatic heterocycles. The molecule has 0 heterocycles. The number of thiocarbonyl (C=S) groups is 1. The van der Waals surface area contributed by atoms with Crippen LogP contribution in [0, 0.1) is 0 Å². The molecule has 0 saturated carbocycles. The molecule has 0 aromatic heterocycles. The third-order valence-corrected chi connectivity index (χ3v) is 1.19. The second-order valence-corrected chi connectivity index (χ2v) is 2.11. The summed E-state index contributed by atoms with van der Waals surface area (Å²) in [5.41, 5.74) is 5.20. The maximum atomic E-state index is 8.29. The highest BCUT2D eigenvalue weighted by Crippen LogP contribution is 1.88. The van der Waals surface area contributed by atoms with E-state index in [-0.39, 0.29) is 12.7 Å². The normalized spacial score (nSPS) is 13.1. The van der Waals surface area contributed by atoms with Gasteiger partial charge in [0.2, 0.25) is 0 Å². The van der Waals surface area contributed by atoms with Crippen LogP contribution in [0.4, 0.5) is 0 Å². The Labute approximate surface area is 59.8 Å². The van der Waals surface area contributed by atoms with Gasteiger partial charge in [0.05, 0.1) is 13.2 Å². The van der Waals surface area contributed by atoms with E-state index in [4.69, 9.17) is 15.6 Å². The van der Waals surface area contributed by atoms with Crippen molar-refractivity contribution in [3.05, 3.63) is 0 Å². The van der Waals surface area contributed by atoms with Gasteiger partial charge in [-0.15, -0.1) is 0 Å². The zero-order valence-corrected chi connectivity index (χ0v) is 6.15. The van der Waals surface area contributed by atoms with Crippen molar-refractivity contribution >= 4 is 17.2 Å². The van der Waals surface area contributed by atoms with Crippen molar-refractivity contribution < 1.29 is 9.84 Å². The smallest absolute Gasteiger partial charge is 0.105 e. The van der Waals surface area contributed by atoms with Crippen LogP contribution in [0.5, 0.6) is 0 Å². The molecule has 0 bridgehead atoms. The zero-order valence-electron chi connectivity index (χ0n) is 5.33. The van der Waals surface area contributed by atoms with E-state index >= 15 is 0 Å². The average molecular weight is 149 g/mol. The fourth-order valence-electron chi connectivity index (χ4n) is 0.312. The molecule has 0 aromatic rings. The molecule has 3 nitrogen and oxygen atoms in total. The number of hydrogen-bond donors (Lipinski definition) is 2. The van der Waals surface area contributed by atoms with Gasteiger partial charge >= 0.3 is 0 Å². The Kier molecular flexibility index (Phi) is 4.57. The standard InChI is InChI=1S/C5H11NO2S/c1-4(5(6)9)8-3-2-7/h4,7H,2-3H2,1H3,(H2,6,9). The van der Waals surface area contributed by atoms with E-state index in [9.17, 15) is 0 Å². The highest BCUT2D eigenvalue weighted by molar-refractivity contribution is 7.80. The van der Waals surface area contributed by atoms with E-state index < -0.39 is 0 Å². The quantitative estimate of drug-likeness (QED) is 0.537. The number of hydrogen-bond acceptors (Lipinski definition) is 3. The molecule has 0 amide bonds. The summed E-state index contributed by atoms with van der Waals surface area (Å²) in [5, 5.41) is 8.29. The summed E-state index contributed by atoms with van der Waals surface area (Å²) in [6.07, 6.45) is -0.229. The molecule has 4 heteroatoms. The minimum absolute atomic E-state index is 0.00690. The van der Waals surface area contributed by atoms with Gasteiger partial charge in [0.15, 0.2) is 0 Å². The Bertz CT molecular complexity index is 97.0. The Morgan fingerprint density at radius 1 is 1.89 bits per heavy atom.